The highest BCUT2D eigenvalue weighted by atomic mass is 19.2. The Morgan fingerprint density at radius 1 is 1.28 bits per heavy atom. The van der Waals surface area contributed by atoms with Gasteiger partial charge in [-0.15, -0.1) is 0 Å². The Bertz CT molecular complexity index is 1010. The fraction of sp³-hybridized carbons (Fsp3) is 0.391. The third-order valence-electron chi connectivity index (χ3n) is 5.82. The first-order valence-corrected chi connectivity index (χ1v) is 10.3. The minimum atomic E-state index is -1.54. The molecular formula is C23H25F3N2O4. The van der Waals surface area contributed by atoms with Crippen LogP contribution in [0.15, 0.2) is 36.5 Å². The van der Waals surface area contributed by atoms with Crippen molar-refractivity contribution < 1.29 is 32.5 Å². The van der Waals surface area contributed by atoms with Crippen LogP contribution in [-0.4, -0.2) is 36.8 Å². The molecule has 2 aliphatic heterocycles. The molecule has 2 aromatic carbocycles. The number of fused-ring (bicyclic) bond motifs is 1. The summed E-state index contributed by atoms with van der Waals surface area (Å²) in [6.45, 7) is -0.188. The summed E-state index contributed by atoms with van der Waals surface area (Å²) in [7, 11) is 1.60. The molecule has 1 saturated heterocycles. The zero-order valence-corrected chi connectivity index (χ0v) is 17.5. The molecule has 32 heavy (non-hydrogen) atoms. The van der Waals surface area contributed by atoms with Crippen LogP contribution in [0.1, 0.15) is 30.4 Å². The molecule has 2 heterocycles. The average Bonchev–Trinajstić information content (AvgIpc) is 2.80. The fourth-order valence-electron chi connectivity index (χ4n) is 4.21. The molecule has 3 unspecified atom stereocenters. The number of ether oxygens (including phenoxy) is 3. The lowest BCUT2D eigenvalue weighted by Gasteiger charge is -2.46. The standard InChI is InChI=1S/C23H25F3N2O4/c1-30-16-2-3-21-13(6-16)4-5-23(32-21)10-15(9-17(12-29)31-23)28-11-20(27)14-7-18(24)22(26)19(25)8-14/h2-3,6-8,11,15,17,28-29H,4-5,9-10,12,27H2,1H3/b20-11-. The molecule has 0 bridgehead atoms. The number of aliphatic hydroxyl groups excluding tert-OH is 1. The van der Waals surface area contributed by atoms with E-state index in [4.69, 9.17) is 19.9 Å². The monoisotopic (exact) mass is 450 g/mol. The van der Waals surface area contributed by atoms with E-state index in [9.17, 15) is 18.3 Å². The average molecular weight is 450 g/mol. The highest BCUT2D eigenvalue weighted by Crippen LogP contribution is 2.41. The van der Waals surface area contributed by atoms with E-state index in [0.717, 1.165) is 23.4 Å². The van der Waals surface area contributed by atoms with E-state index in [1.807, 2.05) is 18.2 Å². The van der Waals surface area contributed by atoms with Crippen LogP contribution in [-0.2, 0) is 11.2 Å². The molecule has 3 atom stereocenters. The van der Waals surface area contributed by atoms with Gasteiger partial charge in [0, 0.05) is 30.6 Å². The van der Waals surface area contributed by atoms with Crippen molar-refractivity contribution in [2.45, 2.75) is 43.6 Å². The Hall–Kier alpha value is -2.91. The normalized spacial score (nSPS) is 25.2. The summed E-state index contributed by atoms with van der Waals surface area (Å²) in [5.41, 5.74) is 7.03. The van der Waals surface area contributed by atoms with E-state index >= 15 is 0 Å². The van der Waals surface area contributed by atoms with E-state index in [1.54, 1.807) is 7.11 Å². The third-order valence-corrected chi connectivity index (χ3v) is 5.82. The van der Waals surface area contributed by atoms with Crippen LogP contribution in [0.25, 0.3) is 5.70 Å². The first kappa shape index (κ1) is 22.3. The summed E-state index contributed by atoms with van der Waals surface area (Å²) < 4.78 is 57.8. The summed E-state index contributed by atoms with van der Waals surface area (Å²) in [4.78, 5) is 0. The molecule has 0 amide bonds. The van der Waals surface area contributed by atoms with Gasteiger partial charge in [0.15, 0.2) is 17.5 Å². The quantitative estimate of drug-likeness (QED) is 0.607. The molecule has 4 N–H and O–H groups in total. The second kappa shape index (κ2) is 8.91. The second-order valence-electron chi connectivity index (χ2n) is 8.07. The van der Waals surface area contributed by atoms with Crippen LogP contribution in [0.2, 0.25) is 0 Å². The van der Waals surface area contributed by atoms with Crippen LogP contribution in [0, 0.1) is 17.5 Å². The summed E-state index contributed by atoms with van der Waals surface area (Å²) in [6, 6.07) is 7.06. The third kappa shape index (κ3) is 4.49. The number of nitrogens with one attached hydrogen (secondary N) is 1. The molecule has 9 heteroatoms. The highest BCUT2D eigenvalue weighted by Gasteiger charge is 2.45. The van der Waals surface area contributed by atoms with Crippen LogP contribution in [0.3, 0.4) is 0 Å². The van der Waals surface area contributed by atoms with Gasteiger partial charge >= 0.3 is 0 Å². The lowest BCUT2D eigenvalue weighted by atomic mass is 9.89. The van der Waals surface area contributed by atoms with Gasteiger partial charge in [0.2, 0.25) is 5.79 Å². The molecule has 2 aromatic rings. The summed E-state index contributed by atoms with van der Waals surface area (Å²) >= 11 is 0. The number of methoxy groups -OCH3 is 1. The summed E-state index contributed by atoms with van der Waals surface area (Å²) in [6.07, 6.45) is 3.19. The van der Waals surface area contributed by atoms with Crippen molar-refractivity contribution in [1.29, 1.82) is 0 Å². The van der Waals surface area contributed by atoms with Gasteiger partial charge < -0.3 is 30.4 Å². The van der Waals surface area contributed by atoms with E-state index in [-0.39, 0.29) is 23.9 Å². The van der Waals surface area contributed by atoms with Crippen molar-refractivity contribution in [1.82, 2.24) is 5.32 Å². The molecule has 6 nitrogen and oxygen atoms in total. The molecule has 4 rings (SSSR count). The summed E-state index contributed by atoms with van der Waals surface area (Å²) in [5.74, 6) is -3.66. The number of hydrogen-bond acceptors (Lipinski definition) is 6. The Kier molecular flexibility index (Phi) is 6.21. The first-order valence-electron chi connectivity index (χ1n) is 10.3. The van der Waals surface area contributed by atoms with Gasteiger partial charge in [0.25, 0.3) is 0 Å². The SMILES string of the molecule is COc1ccc2c(c1)CCC1(CC(N/C=C(\N)c3cc(F)c(F)c(F)c3)CC(CO)O1)O2. The topological polar surface area (TPSA) is 86.0 Å². The molecule has 0 radical (unpaired) electrons. The van der Waals surface area contributed by atoms with Crippen molar-refractivity contribution in [3.8, 4) is 11.5 Å². The van der Waals surface area contributed by atoms with Crippen molar-refractivity contribution in [3.63, 3.8) is 0 Å². The van der Waals surface area contributed by atoms with Crippen molar-refractivity contribution in [3.05, 3.63) is 65.1 Å². The number of nitrogens with two attached hydrogens (primary N) is 1. The predicted octanol–water partition coefficient (Wildman–Crippen LogP) is 3.22. The number of hydrogen-bond donors (Lipinski definition) is 3. The maximum atomic E-state index is 13.5. The summed E-state index contributed by atoms with van der Waals surface area (Å²) in [5, 5.41) is 12.9. The highest BCUT2D eigenvalue weighted by molar-refractivity contribution is 5.62. The largest absolute Gasteiger partial charge is 0.497 e. The first-order chi connectivity index (χ1) is 15.3. The second-order valence-corrected chi connectivity index (χ2v) is 8.07. The zero-order chi connectivity index (χ0) is 22.9. The van der Waals surface area contributed by atoms with Gasteiger partial charge in [-0.2, -0.15) is 0 Å². The molecule has 0 saturated carbocycles. The van der Waals surface area contributed by atoms with Crippen molar-refractivity contribution in [2.75, 3.05) is 13.7 Å². The molecule has 1 fully saturated rings. The zero-order valence-electron chi connectivity index (χ0n) is 17.5. The molecular weight excluding hydrogens is 425 g/mol. The van der Waals surface area contributed by atoms with Gasteiger partial charge in [0.05, 0.1) is 25.5 Å². The molecule has 0 aromatic heterocycles. The van der Waals surface area contributed by atoms with E-state index in [1.165, 1.54) is 6.20 Å². The molecule has 2 aliphatic rings. The Labute approximate surface area is 183 Å². The van der Waals surface area contributed by atoms with Gasteiger partial charge in [0.1, 0.15) is 11.5 Å². The minimum absolute atomic E-state index is 0.0196. The number of rotatable bonds is 5. The van der Waals surface area contributed by atoms with E-state index in [2.05, 4.69) is 5.32 Å². The van der Waals surface area contributed by atoms with Crippen LogP contribution in [0.5, 0.6) is 11.5 Å². The van der Waals surface area contributed by atoms with E-state index < -0.39 is 29.3 Å². The van der Waals surface area contributed by atoms with Gasteiger partial charge in [-0.3, -0.25) is 0 Å². The van der Waals surface area contributed by atoms with Crippen LogP contribution in [0.4, 0.5) is 13.2 Å². The van der Waals surface area contributed by atoms with Gasteiger partial charge in [-0.1, -0.05) is 0 Å². The van der Waals surface area contributed by atoms with Crippen LogP contribution >= 0.6 is 0 Å². The Morgan fingerprint density at radius 2 is 2.03 bits per heavy atom. The van der Waals surface area contributed by atoms with Crippen molar-refractivity contribution >= 4 is 5.70 Å². The number of benzene rings is 2. The maximum absolute atomic E-state index is 13.5. The lowest BCUT2D eigenvalue weighted by molar-refractivity contribution is -0.255. The van der Waals surface area contributed by atoms with Crippen LogP contribution < -0.4 is 20.5 Å². The Morgan fingerprint density at radius 3 is 2.72 bits per heavy atom. The number of aliphatic hydroxyl groups is 1. The fourth-order valence-corrected chi connectivity index (χ4v) is 4.21. The van der Waals surface area contributed by atoms with Crippen molar-refractivity contribution in [2.24, 2.45) is 5.73 Å². The molecule has 172 valence electrons. The Balaban J connectivity index is 1.51. The van der Waals surface area contributed by atoms with Gasteiger partial charge in [-0.05, 0) is 48.7 Å². The maximum Gasteiger partial charge on any atom is 0.213 e. The smallest absolute Gasteiger partial charge is 0.213 e. The molecule has 1 spiro atoms. The lowest BCUT2D eigenvalue weighted by Crippen LogP contribution is -2.55. The van der Waals surface area contributed by atoms with Gasteiger partial charge in [-0.25, -0.2) is 13.2 Å². The predicted molar refractivity (Wildman–Crippen MR) is 111 cm³/mol. The molecule has 0 aliphatic carbocycles. The van der Waals surface area contributed by atoms with E-state index in [0.29, 0.717) is 31.4 Å². The number of halogens is 3. The minimum Gasteiger partial charge on any atom is -0.497 e. The number of aryl methyl sites for hydroxylation is 1.